The number of hydrogen-bond donors (Lipinski definition) is 1. The van der Waals surface area contributed by atoms with Gasteiger partial charge < -0.3 is 5.32 Å². The fraction of sp³-hybridized carbons (Fsp3) is 0.292. The first-order valence-electron chi connectivity index (χ1n) is 9.87. The molecule has 0 aliphatic heterocycles. The molecule has 0 bridgehead atoms. The van der Waals surface area contributed by atoms with Crippen molar-refractivity contribution in [1.82, 2.24) is 15.1 Å². The van der Waals surface area contributed by atoms with Crippen LogP contribution in [0.3, 0.4) is 0 Å². The van der Waals surface area contributed by atoms with E-state index in [1.54, 1.807) is 24.3 Å². The topological polar surface area (TPSA) is 64.0 Å². The van der Waals surface area contributed by atoms with Crippen molar-refractivity contribution < 1.29 is 9.59 Å². The molecule has 0 fully saturated rings. The summed E-state index contributed by atoms with van der Waals surface area (Å²) in [4.78, 5) is 25.7. The van der Waals surface area contributed by atoms with Crippen LogP contribution >= 0.6 is 0 Å². The van der Waals surface area contributed by atoms with E-state index in [4.69, 9.17) is 0 Å². The Hall–Kier alpha value is -3.21. The molecule has 5 heteroatoms. The predicted octanol–water partition coefficient (Wildman–Crippen LogP) is 4.17. The molecule has 0 aliphatic carbocycles. The van der Waals surface area contributed by atoms with Crippen LogP contribution in [0.1, 0.15) is 55.2 Å². The number of ketones is 1. The number of rotatable bonds is 7. The summed E-state index contributed by atoms with van der Waals surface area (Å²) in [5.74, 6) is -0.368. The molecule has 1 amide bonds. The second kappa shape index (κ2) is 8.86. The van der Waals surface area contributed by atoms with Crippen LogP contribution in [0, 0.1) is 27.7 Å². The maximum Gasteiger partial charge on any atom is 0.252 e. The molecule has 2 aromatic carbocycles. The average Bonchev–Trinajstić information content (AvgIpc) is 3.03. The zero-order chi connectivity index (χ0) is 21.0. The largest absolute Gasteiger partial charge is 0.352 e. The van der Waals surface area contributed by atoms with Crippen LogP contribution < -0.4 is 5.32 Å². The molecule has 0 saturated heterocycles. The Morgan fingerprint density at radius 2 is 1.66 bits per heavy atom. The zero-order valence-corrected chi connectivity index (χ0v) is 17.5. The van der Waals surface area contributed by atoms with Crippen LogP contribution in [0.2, 0.25) is 0 Å². The van der Waals surface area contributed by atoms with Gasteiger partial charge in [0, 0.05) is 29.9 Å². The van der Waals surface area contributed by atoms with Crippen LogP contribution in [-0.4, -0.2) is 28.0 Å². The highest BCUT2D eigenvalue weighted by Gasteiger charge is 2.18. The second-order valence-corrected chi connectivity index (χ2v) is 7.43. The van der Waals surface area contributed by atoms with Crippen molar-refractivity contribution in [2.75, 3.05) is 6.54 Å². The Bertz CT molecular complexity index is 1050. The van der Waals surface area contributed by atoms with E-state index in [1.807, 2.05) is 56.6 Å². The highest BCUT2D eigenvalue weighted by molar-refractivity contribution is 6.15. The highest BCUT2D eigenvalue weighted by Crippen LogP contribution is 2.17. The molecule has 29 heavy (non-hydrogen) atoms. The fourth-order valence-electron chi connectivity index (χ4n) is 3.34. The van der Waals surface area contributed by atoms with Gasteiger partial charge >= 0.3 is 0 Å². The smallest absolute Gasteiger partial charge is 0.252 e. The van der Waals surface area contributed by atoms with E-state index in [9.17, 15) is 9.59 Å². The first-order valence-corrected chi connectivity index (χ1v) is 9.87. The number of aryl methyl sites for hydroxylation is 5. The summed E-state index contributed by atoms with van der Waals surface area (Å²) in [6.45, 7) is 9.24. The van der Waals surface area contributed by atoms with Gasteiger partial charge in [-0.1, -0.05) is 30.3 Å². The minimum Gasteiger partial charge on any atom is -0.352 e. The summed E-state index contributed by atoms with van der Waals surface area (Å²) in [6.07, 6.45) is 0.765. The molecule has 1 N–H and O–H groups in total. The molecule has 3 aromatic rings. The number of carbonyl (C=O) groups excluding carboxylic acids is 2. The van der Waals surface area contributed by atoms with Gasteiger partial charge in [0.1, 0.15) is 0 Å². The molecule has 0 unspecified atom stereocenters. The van der Waals surface area contributed by atoms with Crippen molar-refractivity contribution in [2.24, 2.45) is 0 Å². The number of benzene rings is 2. The molecule has 0 spiro atoms. The zero-order valence-electron chi connectivity index (χ0n) is 17.5. The Kier molecular flexibility index (Phi) is 6.27. The summed E-state index contributed by atoms with van der Waals surface area (Å²) < 4.78 is 1.94. The van der Waals surface area contributed by atoms with E-state index < -0.39 is 0 Å². The molecule has 1 heterocycles. The third-order valence-corrected chi connectivity index (χ3v) is 5.12. The SMILES string of the molecule is Cc1cc(C)n(CCCNC(=O)c2ccccc2C(=O)c2ccc(C)c(C)c2)n1. The molecular weight excluding hydrogens is 362 g/mol. The van der Waals surface area contributed by atoms with E-state index in [-0.39, 0.29) is 11.7 Å². The van der Waals surface area contributed by atoms with Crippen molar-refractivity contribution >= 4 is 11.7 Å². The van der Waals surface area contributed by atoms with Gasteiger partial charge in [-0.25, -0.2) is 0 Å². The lowest BCUT2D eigenvalue weighted by Crippen LogP contribution is -2.27. The number of aromatic nitrogens is 2. The van der Waals surface area contributed by atoms with Gasteiger partial charge in [0.05, 0.1) is 11.3 Å². The van der Waals surface area contributed by atoms with Crippen molar-refractivity contribution in [2.45, 2.75) is 40.7 Å². The van der Waals surface area contributed by atoms with Gasteiger partial charge in [0.2, 0.25) is 0 Å². The van der Waals surface area contributed by atoms with Gasteiger partial charge in [-0.15, -0.1) is 0 Å². The minimum absolute atomic E-state index is 0.138. The van der Waals surface area contributed by atoms with Gasteiger partial charge in [-0.3, -0.25) is 14.3 Å². The second-order valence-electron chi connectivity index (χ2n) is 7.43. The standard InChI is InChI=1S/C24H27N3O2/c1-16-10-11-20(14-17(16)2)23(28)21-8-5-6-9-22(21)24(29)25-12-7-13-27-19(4)15-18(3)26-27/h5-6,8-11,14-15H,7,12-13H2,1-4H3,(H,25,29). The molecule has 150 valence electrons. The monoisotopic (exact) mass is 389 g/mol. The number of hydrogen-bond acceptors (Lipinski definition) is 3. The molecule has 0 atom stereocenters. The Labute approximate surface area is 171 Å². The number of carbonyl (C=O) groups is 2. The molecule has 0 saturated carbocycles. The lowest BCUT2D eigenvalue weighted by Gasteiger charge is -2.11. The summed E-state index contributed by atoms with van der Waals surface area (Å²) in [7, 11) is 0. The molecule has 0 aliphatic rings. The maximum absolute atomic E-state index is 13.0. The molecule has 0 radical (unpaired) electrons. The van der Waals surface area contributed by atoms with Gasteiger partial charge in [0.25, 0.3) is 5.91 Å². The maximum atomic E-state index is 13.0. The third kappa shape index (κ3) is 4.80. The van der Waals surface area contributed by atoms with Crippen LogP contribution in [-0.2, 0) is 6.54 Å². The van der Waals surface area contributed by atoms with Crippen LogP contribution in [0.15, 0.2) is 48.5 Å². The van der Waals surface area contributed by atoms with E-state index in [1.165, 1.54) is 0 Å². The van der Waals surface area contributed by atoms with Crippen molar-refractivity contribution in [3.63, 3.8) is 0 Å². The Morgan fingerprint density at radius 3 is 2.31 bits per heavy atom. The number of nitrogens with one attached hydrogen (secondary N) is 1. The van der Waals surface area contributed by atoms with Gasteiger partial charge in [0.15, 0.2) is 5.78 Å². The van der Waals surface area contributed by atoms with Gasteiger partial charge in [-0.2, -0.15) is 5.10 Å². The molecule has 5 nitrogen and oxygen atoms in total. The first kappa shape index (κ1) is 20.5. The van der Waals surface area contributed by atoms with Crippen LogP contribution in [0.5, 0.6) is 0 Å². The van der Waals surface area contributed by atoms with Crippen LogP contribution in [0.4, 0.5) is 0 Å². The lowest BCUT2D eigenvalue weighted by molar-refractivity contribution is 0.0941. The number of nitrogens with zero attached hydrogens (tertiary/aromatic N) is 2. The van der Waals surface area contributed by atoms with E-state index in [0.29, 0.717) is 23.2 Å². The summed E-state index contributed by atoms with van der Waals surface area (Å²) in [5.41, 5.74) is 5.71. The van der Waals surface area contributed by atoms with E-state index in [2.05, 4.69) is 10.4 Å². The first-order chi connectivity index (χ1) is 13.9. The summed E-state index contributed by atoms with van der Waals surface area (Å²) in [6, 6.07) is 14.6. The van der Waals surface area contributed by atoms with Crippen molar-refractivity contribution in [1.29, 1.82) is 0 Å². The fourth-order valence-corrected chi connectivity index (χ4v) is 3.34. The average molecular weight is 389 g/mol. The molecule has 3 rings (SSSR count). The summed E-state index contributed by atoms with van der Waals surface area (Å²) >= 11 is 0. The third-order valence-electron chi connectivity index (χ3n) is 5.12. The highest BCUT2D eigenvalue weighted by atomic mass is 16.2. The van der Waals surface area contributed by atoms with Crippen molar-refractivity contribution in [3.8, 4) is 0 Å². The van der Waals surface area contributed by atoms with Gasteiger partial charge in [-0.05, 0) is 63.4 Å². The number of amides is 1. The Balaban J connectivity index is 1.67. The van der Waals surface area contributed by atoms with E-state index >= 15 is 0 Å². The molecular formula is C24H27N3O2. The quantitative estimate of drug-likeness (QED) is 0.487. The molecule has 1 aromatic heterocycles. The normalized spacial score (nSPS) is 10.8. The minimum atomic E-state index is -0.230. The summed E-state index contributed by atoms with van der Waals surface area (Å²) in [5, 5.41) is 7.36. The van der Waals surface area contributed by atoms with Crippen LogP contribution in [0.25, 0.3) is 0 Å². The Morgan fingerprint density at radius 1 is 0.931 bits per heavy atom. The lowest BCUT2D eigenvalue weighted by atomic mass is 9.95. The van der Waals surface area contributed by atoms with E-state index in [0.717, 1.165) is 35.5 Å². The van der Waals surface area contributed by atoms with Crippen molar-refractivity contribution in [3.05, 3.63) is 87.7 Å². The predicted molar refractivity (Wildman–Crippen MR) is 114 cm³/mol.